The highest BCUT2D eigenvalue weighted by Crippen LogP contribution is 2.04. The van der Waals surface area contributed by atoms with Gasteiger partial charge in [-0.2, -0.15) is 0 Å². The minimum atomic E-state index is -0.583. The number of carbonyl (C=O) groups is 2. The summed E-state index contributed by atoms with van der Waals surface area (Å²) in [5, 5.41) is 11.1. The molecule has 0 aromatic heterocycles. The van der Waals surface area contributed by atoms with E-state index in [1.54, 1.807) is 19.1 Å². The molecule has 1 rings (SSSR count). The van der Waals surface area contributed by atoms with Crippen molar-refractivity contribution >= 4 is 30.0 Å². The Morgan fingerprint density at radius 3 is 2.43 bits per heavy atom. The first-order chi connectivity index (χ1) is 9.63. The summed E-state index contributed by atoms with van der Waals surface area (Å²) in [4.78, 5) is 23.4. The number of amides is 3. The van der Waals surface area contributed by atoms with Crippen LogP contribution in [0.4, 0.5) is 10.5 Å². The molecule has 0 saturated heterocycles. The number of likely N-dealkylation sites (N-methyl/N-ethyl adjacent to an activating group) is 1. The molecule has 21 heavy (non-hydrogen) atoms. The van der Waals surface area contributed by atoms with Crippen LogP contribution in [0.2, 0.25) is 0 Å². The highest BCUT2D eigenvalue weighted by molar-refractivity contribution is 5.93. The van der Waals surface area contributed by atoms with Gasteiger partial charge in [-0.1, -0.05) is 25.1 Å². The second-order valence-corrected chi connectivity index (χ2v) is 4.33. The van der Waals surface area contributed by atoms with E-state index in [4.69, 9.17) is 0 Å². The predicted molar refractivity (Wildman–Crippen MR) is 86.9 cm³/mol. The third kappa shape index (κ3) is 8.16. The van der Waals surface area contributed by atoms with Gasteiger partial charge in [-0.25, -0.2) is 4.79 Å². The first-order valence-electron chi connectivity index (χ1n) is 6.74. The second-order valence-electron chi connectivity index (χ2n) is 4.33. The maximum Gasteiger partial charge on any atom is 0.319 e. The number of carbonyl (C=O) groups excluding carboxylic acids is 2. The average Bonchev–Trinajstić information content (AvgIpc) is 2.44. The van der Waals surface area contributed by atoms with E-state index >= 15 is 0 Å². The molecule has 0 aliphatic heterocycles. The van der Waals surface area contributed by atoms with Gasteiger partial charge in [-0.15, -0.1) is 12.4 Å². The highest BCUT2D eigenvalue weighted by atomic mass is 35.5. The largest absolute Gasteiger partial charge is 0.353 e. The number of rotatable bonds is 7. The van der Waals surface area contributed by atoms with Crippen molar-refractivity contribution in [2.75, 3.05) is 25.0 Å². The Hall–Kier alpha value is -1.79. The van der Waals surface area contributed by atoms with Crippen molar-refractivity contribution < 1.29 is 9.59 Å². The second kappa shape index (κ2) is 10.9. The fourth-order valence-electron chi connectivity index (χ4n) is 1.55. The van der Waals surface area contributed by atoms with Crippen LogP contribution in [0.15, 0.2) is 30.3 Å². The quantitative estimate of drug-likeness (QED) is 0.573. The number of hydrogen-bond donors (Lipinski definition) is 4. The molecule has 0 heterocycles. The van der Waals surface area contributed by atoms with Gasteiger partial charge in [0, 0.05) is 18.8 Å². The van der Waals surface area contributed by atoms with Gasteiger partial charge in [0.15, 0.2) is 0 Å². The predicted octanol–water partition coefficient (Wildman–Crippen LogP) is 1.34. The molecule has 0 radical (unpaired) electrons. The third-order valence-electron chi connectivity index (χ3n) is 2.62. The van der Waals surface area contributed by atoms with Gasteiger partial charge < -0.3 is 21.3 Å². The molecule has 0 aliphatic carbocycles. The Balaban J connectivity index is 0.00000400. The van der Waals surface area contributed by atoms with Gasteiger partial charge in [0.25, 0.3) is 0 Å². The summed E-state index contributed by atoms with van der Waals surface area (Å²) < 4.78 is 0. The SMILES string of the molecule is CCNCCNC(=O)C(C)NC(=O)Nc1ccccc1.Cl. The number of anilines is 1. The number of hydrogen-bond acceptors (Lipinski definition) is 3. The Morgan fingerprint density at radius 1 is 1.14 bits per heavy atom. The fraction of sp³-hybridized carbons (Fsp3) is 0.429. The topological polar surface area (TPSA) is 82.3 Å². The normalized spacial score (nSPS) is 11.0. The van der Waals surface area contributed by atoms with Crippen LogP contribution in [0.5, 0.6) is 0 Å². The van der Waals surface area contributed by atoms with Gasteiger partial charge in [0.1, 0.15) is 6.04 Å². The molecule has 1 atom stereocenters. The average molecular weight is 315 g/mol. The van der Waals surface area contributed by atoms with Crippen molar-refractivity contribution in [1.82, 2.24) is 16.0 Å². The number of urea groups is 1. The summed E-state index contributed by atoms with van der Waals surface area (Å²) in [7, 11) is 0. The van der Waals surface area contributed by atoms with Gasteiger partial charge in [0.05, 0.1) is 0 Å². The van der Waals surface area contributed by atoms with Gasteiger partial charge in [-0.3, -0.25) is 4.79 Å². The summed E-state index contributed by atoms with van der Waals surface area (Å²) in [6.45, 7) is 5.76. The van der Waals surface area contributed by atoms with Crippen molar-refractivity contribution in [2.45, 2.75) is 19.9 Å². The number of para-hydroxylation sites is 1. The van der Waals surface area contributed by atoms with E-state index in [-0.39, 0.29) is 18.3 Å². The van der Waals surface area contributed by atoms with Crippen LogP contribution < -0.4 is 21.3 Å². The molecule has 0 spiro atoms. The molecule has 1 aromatic rings. The standard InChI is InChI=1S/C14H22N4O2.ClH/c1-3-15-9-10-16-13(19)11(2)17-14(20)18-12-7-5-4-6-8-12;/h4-8,11,15H,3,9-10H2,1-2H3,(H,16,19)(H2,17,18,20);1H. The molecule has 0 fully saturated rings. The zero-order chi connectivity index (χ0) is 14.8. The molecule has 0 saturated carbocycles. The molecule has 6 nitrogen and oxygen atoms in total. The Kier molecular flexibility index (Phi) is 10.0. The number of benzene rings is 1. The van der Waals surface area contributed by atoms with Crippen molar-refractivity contribution in [3.8, 4) is 0 Å². The fourth-order valence-corrected chi connectivity index (χ4v) is 1.55. The first kappa shape index (κ1) is 19.2. The zero-order valence-electron chi connectivity index (χ0n) is 12.3. The molecule has 1 unspecified atom stereocenters. The summed E-state index contributed by atoms with van der Waals surface area (Å²) in [6.07, 6.45) is 0. The molecular formula is C14H23ClN4O2. The van der Waals surface area contributed by atoms with E-state index in [9.17, 15) is 9.59 Å². The van der Waals surface area contributed by atoms with Gasteiger partial charge in [0.2, 0.25) is 5.91 Å². The van der Waals surface area contributed by atoms with Crippen LogP contribution >= 0.6 is 12.4 Å². The Labute approximate surface area is 131 Å². The molecule has 7 heteroatoms. The van der Waals surface area contributed by atoms with Crippen molar-refractivity contribution in [1.29, 1.82) is 0 Å². The van der Waals surface area contributed by atoms with Crippen LogP contribution in [-0.4, -0.2) is 37.6 Å². The maximum atomic E-state index is 11.7. The number of nitrogens with one attached hydrogen (secondary N) is 4. The maximum absolute atomic E-state index is 11.7. The van der Waals surface area contributed by atoms with E-state index < -0.39 is 12.1 Å². The molecular weight excluding hydrogens is 292 g/mol. The van der Waals surface area contributed by atoms with Crippen LogP contribution in [0.25, 0.3) is 0 Å². The minimum Gasteiger partial charge on any atom is -0.353 e. The lowest BCUT2D eigenvalue weighted by Gasteiger charge is -2.14. The molecule has 0 bridgehead atoms. The zero-order valence-corrected chi connectivity index (χ0v) is 13.1. The van der Waals surface area contributed by atoms with E-state index in [2.05, 4.69) is 21.3 Å². The van der Waals surface area contributed by atoms with E-state index in [1.165, 1.54) is 0 Å². The van der Waals surface area contributed by atoms with Crippen LogP contribution in [0.3, 0.4) is 0 Å². The molecule has 1 aromatic carbocycles. The van der Waals surface area contributed by atoms with Crippen LogP contribution in [0.1, 0.15) is 13.8 Å². The van der Waals surface area contributed by atoms with Crippen molar-refractivity contribution in [3.05, 3.63) is 30.3 Å². The number of halogens is 1. The lowest BCUT2D eigenvalue weighted by atomic mass is 10.3. The van der Waals surface area contributed by atoms with Gasteiger partial charge in [-0.05, 0) is 25.6 Å². The molecule has 3 amide bonds. The monoisotopic (exact) mass is 314 g/mol. The summed E-state index contributed by atoms with van der Waals surface area (Å²) in [5.41, 5.74) is 0.685. The summed E-state index contributed by atoms with van der Waals surface area (Å²) in [6, 6.07) is 8.09. The van der Waals surface area contributed by atoms with Crippen LogP contribution in [0, 0.1) is 0 Å². The Bertz CT molecular complexity index is 428. The molecule has 0 aliphatic rings. The molecule has 4 N–H and O–H groups in total. The third-order valence-corrected chi connectivity index (χ3v) is 2.62. The van der Waals surface area contributed by atoms with Crippen molar-refractivity contribution in [2.24, 2.45) is 0 Å². The first-order valence-corrected chi connectivity index (χ1v) is 6.74. The molecule has 118 valence electrons. The summed E-state index contributed by atoms with van der Waals surface area (Å²) >= 11 is 0. The lowest BCUT2D eigenvalue weighted by molar-refractivity contribution is -0.122. The van der Waals surface area contributed by atoms with E-state index in [1.807, 2.05) is 25.1 Å². The highest BCUT2D eigenvalue weighted by Gasteiger charge is 2.14. The van der Waals surface area contributed by atoms with E-state index in [0.717, 1.165) is 6.54 Å². The van der Waals surface area contributed by atoms with Gasteiger partial charge >= 0.3 is 6.03 Å². The lowest BCUT2D eigenvalue weighted by Crippen LogP contribution is -2.47. The smallest absolute Gasteiger partial charge is 0.319 e. The minimum absolute atomic E-state index is 0. The summed E-state index contributed by atoms with van der Waals surface area (Å²) in [5.74, 6) is -0.203. The van der Waals surface area contributed by atoms with E-state index in [0.29, 0.717) is 18.8 Å². The van der Waals surface area contributed by atoms with Crippen molar-refractivity contribution in [3.63, 3.8) is 0 Å². The van der Waals surface area contributed by atoms with Crippen LogP contribution in [-0.2, 0) is 4.79 Å². The Morgan fingerprint density at radius 2 is 1.81 bits per heavy atom.